The maximum atomic E-state index is 6.35. The van der Waals surface area contributed by atoms with Gasteiger partial charge in [-0.1, -0.05) is 56.5 Å². The SMILES string of the molecule is CCN(CC(N)Cc1ccccc1)C1CCCCC1. The Balaban J connectivity index is 1.83. The molecule has 0 radical (unpaired) electrons. The van der Waals surface area contributed by atoms with E-state index in [0.29, 0.717) is 0 Å². The lowest BCUT2D eigenvalue weighted by Crippen LogP contribution is -2.45. The van der Waals surface area contributed by atoms with Gasteiger partial charge in [-0.15, -0.1) is 0 Å². The van der Waals surface area contributed by atoms with Crippen LogP contribution in [0.15, 0.2) is 30.3 Å². The van der Waals surface area contributed by atoms with Crippen molar-refractivity contribution in [3.8, 4) is 0 Å². The van der Waals surface area contributed by atoms with Gasteiger partial charge in [0.25, 0.3) is 0 Å². The third-order valence-corrected chi connectivity index (χ3v) is 4.31. The monoisotopic (exact) mass is 260 g/mol. The van der Waals surface area contributed by atoms with E-state index in [9.17, 15) is 0 Å². The van der Waals surface area contributed by atoms with E-state index in [1.807, 2.05) is 0 Å². The topological polar surface area (TPSA) is 29.3 Å². The molecule has 1 saturated carbocycles. The normalized spacial score (nSPS) is 18.7. The van der Waals surface area contributed by atoms with Crippen LogP contribution in [-0.2, 0) is 6.42 Å². The maximum Gasteiger partial charge on any atom is 0.0208 e. The van der Waals surface area contributed by atoms with E-state index in [1.165, 1.54) is 37.7 Å². The predicted molar refractivity (Wildman–Crippen MR) is 82.2 cm³/mol. The molecule has 1 aliphatic carbocycles. The summed E-state index contributed by atoms with van der Waals surface area (Å²) >= 11 is 0. The van der Waals surface area contributed by atoms with Gasteiger partial charge in [0.2, 0.25) is 0 Å². The Morgan fingerprint density at radius 3 is 2.47 bits per heavy atom. The van der Waals surface area contributed by atoms with Crippen molar-refractivity contribution < 1.29 is 0 Å². The van der Waals surface area contributed by atoms with Gasteiger partial charge in [-0.3, -0.25) is 4.90 Å². The molecule has 2 heteroatoms. The number of benzene rings is 1. The zero-order chi connectivity index (χ0) is 13.5. The van der Waals surface area contributed by atoms with Gasteiger partial charge in [-0.05, 0) is 31.4 Å². The fourth-order valence-electron chi connectivity index (χ4n) is 3.27. The molecule has 1 aromatic rings. The van der Waals surface area contributed by atoms with Gasteiger partial charge in [-0.2, -0.15) is 0 Å². The van der Waals surface area contributed by atoms with E-state index in [0.717, 1.165) is 25.6 Å². The maximum absolute atomic E-state index is 6.35. The highest BCUT2D eigenvalue weighted by molar-refractivity contribution is 5.15. The number of hydrogen-bond donors (Lipinski definition) is 1. The molecule has 1 aliphatic rings. The Morgan fingerprint density at radius 2 is 1.84 bits per heavy atom. The molecule has 0 amide bonds. The minimum atomic E-state index is 0.254. The first kappa shape index (κ1) is 14.5. The summed E-state index contributed by atoms with van der Waals surface area (Å²) in [4.78, 5) is 2.60. The molecule has 0 spiro atoms. The second-order valence-corrected chi connectivity index (χ2v) is 5.83. The summed E-state index contributed by atoms with van der Waals surface area (Å²) in [6, 6.07) is 11.6. The molecule has 19 heavy (non-hydrogen) atoms. The molecule has 0 saturated heterocycles. The lowest BCUT2D eigenvalue weighted by molar-refractivity contribution is 0.154. The highest BCUT2D eigenvalue weighted by Crippen LogP contribution is 2.22. The molecule has 2 N–H and O–H groups in total. The van der Waals surface area contributed by atoms with Gasteiger partial charge in [0, 0.05) is 18.6 Å². The average Bonchev–Trinajstić information content (AvgIpc) is 2.47. The number of nitrogens with zero attached hydrogens (tertiary/aromatic N) is 1. The second-order valence-electron chi connectivity index (χ2n) is 5.83. The van der Waals surface area contributed by atoms with Crippen molar-refractivity contribution in [1.82, 2.24) is 4.90 Å². The first-order valence-electron chi connectivity index (χ1n) is 7.83. The number of nitrogens with two attached hydrogens (primary N) is 1. The van der Waals surface area contributed by atoms with E-state index in [1.54, 1.807) is 0 Å². The molecule has 106 valence electrons. The van der Waals surface area contributed by atoms with E-state index in [2.05, 4.69) is 42.2 Å². The Morgan fingerprint density at radius 1 is 1.16 bits per heavy atom. The summed E-state index contributed by atoms with van der Waals surface area (Å²) in [5.41, 5.74) is 7.70. The summed E-state index contributed by atoms with van der Waals surface area (Å²) in [6.07, 6.45) is 7.94. The van der Waals surface area contributed by atoms with Gasteiger partial charge in [0.15, 0.2) is 0 Å². The van der Waals surface area contributed by atoms with Gasteiger partial charge >= 0.3 is 0 Å². The summed E-state index contributed by atoms with van der Waals surface area (Å²) < 4.78 is 0. The molecular formula is C17H28N2. The van der Waals surface area contributed by atoms with Crippen LogP contribution >= 0.6 is 0 Å². The number of likely N-dealkylation sites (N-methyl/N-ethyl adjacent to an activating group) is 1. The molecular weight excluding hydrogens is 232 g/mol. The minimum Gasteiger partial charge on any atom is -0.326 e. The van der Waals surface area contributed by atoms with Gasteiger partial charge < -0.3 is 5.73 Å². The van der Waals surface area contributed by atoms with E-state index in [4.69, 9.17) is 5.73 Å². The van der Waals surface area contributed by atoms with Crippen molar-refractivity contribution in [1.29, 1.82) is 0 Å². The van der Waals surface area contributed by atoms with Gasteiger partial charge in [-0.25, -0.2) is 0 Å². The standard InChI is InChI=1S/C17H28N2/c1-2-19(17-11-7-4-8-12-17)14-16(18)13-15-9-5-3-6-10-15/h3,5-6,9-10,16-17H,2,4,7-8,11-14,18H2,1H3. The van der Waals surface area contributed by atoms with Crippen molar-refractivity contribution in [3.05, 3.63) is 35.9 Å². The van der Waals surface area contributed by atoms with E-state index < -0.39 is 0 Å². The van der Waals surface area contributed by atoms with Crippen LogP contribution in [-0.4, -0.2) is 30.1 Å². The smallest absolute Gasteiger partial charge is 0.0208 e. The quantitative estimate of drug-likeness (QED) is 0.851. The van der Waals surface area contributed by atoms with Crippen LogP contribution in [0.1, 0.15) is 44.6 Å². The van der Waals surface area contributed by atoms with Crippen molar-refractivity contribution in [2.75, 3.05) is 13.1 Å². The molecule has 0 heterocycles. The Kier molecular flexibility index (Phi) is 5.87. The van der Waals surface area contributed by atoms with Crippen LogP contribution in [0.5, 0.6) is 0 Å². The van der Waals surface area contributed by atoms with Crippen LogP contribution < -0.4 is 5.73 Å². The van der Waals surface area contributed by atoms with Crippen LogP contribution in [0.4, 0.5) is 0 Å². The summed E-state index contributed by atoms with van der Waals surface area (Å²) in [5.74, 6) is 0. The van der Waals surface area contributed by atoms with Crippen molar-refractivity contribution in [2.45, 2.75) is 57.5 Å². The molecule has 2 nitrogen and oxygen atoms in total. The van der Waals surface area contributed by atoms with Crippen molar-refractivity contribution >= 4 is 0 Å². The third-order valence-electron chi connectivity index (χ3n) is 4.31. The van der Waals surface area contributed by atoms with Crippen LogP contribution in [0.2, 0.25) is 0 Å². The van der Waals surface area contributed by atoms with Crippen LogP contribution in [0, 0.1) is 0 Å². The predicted octanol–water partition coefficient (Wildman–Crippen LogP) is 3.21. The number of hydrogen-bond acceptors (Lipinski definition) is 2. The minimum absolute atomic E-state index is 0.254. The first-order valence-corrected chi connectivity index (χ1v) is 7.83. The highest BCUT2D eigenvalue weighted by Gasteiger charge is 2.21. The zero-order valence-electron chi connectivity index (χ0n) is 12.2. The van der Waals surface area contributed by atoms with Crippen molar-refractivity contribution in [2.24, 2.45) is 5.73 Å². The molecule has 0 bridgehead atoms. The fourth-order valence-corrected chi connectivity index (χ4v) is 3.27. The Labute approximate surface area is 118 Å². The van der Waals surface area contributed by atoms with E-state index >= 15 is 0 Å². The lowest BCUT2D eigenvalue weighted by atomic mass is 9.93. The average molecular weight is 260 g/mol. The molecule has 1 atom stereocenters. The highest BCUT2D eigenvalue weighted by atomic mass is 15.2. The van der Waals surface area contributed by atoms with Crippen LogP contribution in [0.25, 0.3) is 0 Å². The molecule has 1 fully saturated rings. The molecule has 1 aromatic carbocycles. The summed E-state index contributed by atoms with van der Waals surface area (Å²) in [5, 5.41) is 0. The summed E-state index contributed by atoms with van der Waals surface area (Å²) in [7, 11) is 0. The Bertz CT molecular complexity index is 344. The molecule has 1 unspecified atom stereocenters. The second kappa shape index (κ2) is 7.66. The fraction of sp³-hybridized carbons (Fsp3) is 0.647. The molecule has 0 aromatic heterocycles. The first-order chi connectivity index (χ1) is 9.29. The van der Waals surface area contributed by atoms with Gasteiger partial charge in [0.1, 0.15) is 0 Å². The molecule has 2 rings (SSSR count). The largest absolute Gasteiger partial charge is 0.326 e. The lowest BCUT2D eigenvalue weighted by Gasteiger charge is -2.35. The van der Waals surface area contributed by atoms with E-state index in [-0.39, 0.29) is 6.04 Å². The van der Waals surface area contributed by atoms with Crippen molar-refractivity contribution in [3.63, 3.8) is 0 Å². The third kappa shape index (κ3) is 4.63. The summed E-state index contributed by atoms with van der Waals surface area (Å²) in [6.45, 7) is 4.44. The van der Waals surface area contributed by atoms with Gasteiger partial charge in [0.05, 0.1) is 0 Å². The Hall–Kier alpha value is -0.860. The molecule has 0 aliphatic heterocycles. The zero-order valence-corrected chi connectivity index (χ0v) is 12.2. The number of rotatable bonds is 6. The van der Waals surface area contributed by atoms with Crippen LogP contribution in [0.3, 0.4) is 0 Å².